The average molecular weight is 232 g/mol. The highest BCUT2D eigenvalue weighted by atomic mass is 19.1. The average Bonchev–Trinajstić information content (AvgIpc) is 2.31. The Hall–Kier alpha value is -2.60. The van der Waals surface area contributed by atoms with Crippen molar-refractivity contribution in [2.45, 2.75) is 0 Å². The molecule has 0 aliphatic heterocycles. The van der Waals surface area contributed by atoms with Crippen molar-refractivity contribution in [3.8, 4) is 12.1 Å². The maximum atomic E-state index is 13.0. The number of hydrogen-bond acceptors (Lipinski definition) is 4. The van der Waals surface area contributed by atoms with Crippen molar-refractivity contribution in [3.63, 3.8) is 0 Å². The highest BCUT2D eigenvalue weighted by Crippen LogP contribution is 2.15. The molecular weight excluding hydrogens is 223 g/mol. The fourth-order valence-electron chi connectivity index (χ4n) is 1.25. The van der Waals surface area contributed by atoms with Gasteiger partial charge in [0.25, 0.3) is 5.91 Å². The quantitative estimate of drug-likeness (QED) is 0.618. The molecule has 1 aromatic carbocycles. The van der Waals surface area contributed by atoms with Gasteiger partial charge in [-0.15, -0.1) is 0 Å². The van der Waals surface area contributed by atoms with Crippen molar-refractivity contribution in [3.05, 3.63) is 29.6 Å². The second-order valence-electron chi connectivity index (χ2n) is 3.21. The molecular formula is C11H9FN4O. The molecule has 86 valence electrons. The molecule has 0 atom stereocenters. The number of carbonyl (C=O) groups excluding carboxylic acids is 1. The van der Waals surface area contributed by atoms with E-state index in [0.29, 0.717) is 0 Å². The Morgan fingerprint density at radius 1 is 1.35 bits per heavy atom. The molecule has 5 nitrogen and oxygen atoms in total. The lowest BCUT2D eigenvalue weighted by Gasteiger charge is -2.16. The summed E-state index contributed by atoms with van der Waals surface area (Å²) in [4.78, 5) is 12.9. The highest BCUT2D eigenvalue weighted by Gasteiger charge is 2.18. The summed E-state index contributed by atoms with van der Waals surface area (Å²) in [5.74, 6) is -1.23. The van der Waals surface area contributed by atoms with E-state index < -0.39 is 11.7 Å². The molecule has 0 saturated carbocycles. The molecule has 1 rings (SSSR count). The van der Waals surface area contributed by atoms with Gasteiger partial charge in [0, 0.05) is 5.69 Å². The van der Waals surface area contributed by atoms with Crippen LogP contribution in [0.4, 0.5) is 10.1 Å². The zero-order valence-corrected chi connectivity index (χ0v) is 8.85. The molecule has 2 N–H and O–H groups in total. The molecule has 1 amide bonds. The number of amides is 1. The standard InChI is InChI=1S/C11H9FN4O/c12-8-1-2-10(15)9(7-8)11(17)16(5-3-13)6-4-14/h1-2,7H,5-6,15H2. The summed E-state index contributed by atoms with van der Waals surface area (Å²) >= 11 is 0. The first kappa shape index (κ1) is 12.5. The van der Waals surface area contributed by atoms with Crippen molar-refractivity contribution < 1.29 is 9.18 Å². The molecule has 0 saturated heterocycles. The number of nitriles is 2. The van der Waals surface area contributed by atoms with Gasteiger partial charge in [0.1, 0.15) is 18.9 Å². The van der Waals surface area contributed by atoms with Gasteiger partial charge in [0.2, 0.25) is 0 Å². The number of nitrogen functional groups attached to an aromatic ring is 1. The zero-order valence-electron chi connectivity index (χ0n) is 8.85. The zero-order chi connectivity index (χ0) is 12.8. The van der Waals surface area contributed by atoms with E-state index in [1.54, 1.807) is 12.1 Å². The van der Waals surface area contributed by atoms with Crippen LogP contribution in [0.5, 0.6) is 0 Å². The molecule has 0 unspecified atom stereocenters. The summed E-state index contributed by atoms with van der Waals surface area (Å²) in [6, 6.07) is 6.89. The molecule has 0 spiro atoms. The summed E-state index contributed by atoms with van der Waals surface area (Å²) in [7, 11) is 0. The minimum atomic E-state index is -0.634. The summed E-state index contributed by atoms with van der Waals surface area (Å²) in [6.07, 6.45) is 0. The van der Waals surface area contributed by atoms with Gasteiger partial charge in [0.05, 0.1) is 17.7 Å². The second-order valence-corrected chi connectivity index (χ2v) is 3.21. The van der Waals surface area contributed by atoms with E-state index in [1.807, 2.05) is 0 Å². The second kappa shape index (κ2) is 5.47. The van der Waals surface area contributed by atoms with Crippen molar-refractivity contribution >= 4 is 11.6 Å². The lowest BCUT2D eigenvalue weighted by Crippen LogP contribution is -2.32. The normalized spacial score (nSPS) is 9.12. The van der Waals surface area contributed by atoms with Crippen LogP contribution in [0.2, 0.25) is 0 Å². The van der Waals surface area contributed by atoms with Crippen LogP contribution in [-0.4, -0.2) is 23.9 Å². The third-order valence-electron chi connectivity index (χ3n) is 2.06. The molecule has 6 heteroatoms. The van der Waals surface area contributed by atoms with E-state index >= 15 is 0 Å². The number of rotatable bonds is 3. The van der Waals surface area contributed by atoms with E-state index in [0.717, 1.165) is 17.0 Å². The van der Waals surface area contributed by atoms with Gasteiger partial charge in [-0.2, -0.15) is 10.5 Å². The first-order valence-corrected chi connectivity index (χ1v) is 4.68. The Balaban J connectivity index is 3.06. The van der Waals surface area contributed by atoms with Gasteiger partial charge in [-0.25, -0.2) is 4.39 Å². The lowest BCUT2D eigenvalue weighted by molar-refractivity contribution is 0.0795. The Morgan fingerprint density at radius 3 is 2.47 bits per heavy atom. The van der Waals surface area contributed by atoms with Gasteiger partial charge in [0.15, 0.2) is 0 Å². The van der Waals surface area contributed by atoms with Crippen LogP contribution in [0, 0.1) is 28.5 Å². The van der Waals surface area contributed by atoms with Crippen molar-refractivity contribution in [1.29, 1.82) is 10.5 Å². The van der Waals surface area contributed by atoms with Crippen LogP contribution in [-0.2, 0) is 0 Å². The molecule has 0 radical (unpaired) electrons. The van der Waals surface area contributed by atoms with Gasteiger partial charge in [-0.05, 0) is 18.2 Å². The van der Waals surface area contributed by atoms with E-state index in [4.69, 9.17) is 16.3 Å². The number of benzene rings is 1. The Morgan fingerprint density at radius 2 is 1.94 bits per heavy atom. The van der Waals surface area contributed by atoms with Crippen LogP contribution in [0.1, 0.15) is 10.4 Å². The molecule has 0 aliphatic rings. The van der Waals surface area contributed by atoms with Crippen LogP contribution in [0.15, 0.2) is 18.2 Å². The predicted octanol–water partition coefficient (Wildman–Crippen LogP) is 0.897. The van der Waals surface area contributed by atoms with Gasteiger partial charge in [-0.1, -0.05) is 0 Å². The van der Waals surface area contributed by atoms with E-state index in [9.17, 15) is 9.18 Å². The monoisotopic (exact) mass is 232 g/mol. The first-order valence-electron chi connectivity index (χ1n) is 4.68. The van der Waals surface area contributed by atoms with Gasteiger partial charge in [-0.3, -0.25) is 4.79 Å². The Bertz CT molecular complexity index is 499. The third-order valence-corrected chi connectivity index (χ3v) is 2.06. The van der Waals surface area contributed by atoms with E-state index in [-0.39, 0.29) is 24.3 Å². The molecule has 0 aliphatic carbocycles. The van der Waals surface area contributed by atoms with Crippen LogP contribution < -0.4 is 5.73 Å². The predicted molar refractivity (Wildman–Crippen MR) is 57.9 cm³/mol. The number of anilines is 1. The van der Waals surface area contributed by atoms with Gasteiger partial charge >= 0.3 is 0 Å². The molecule has 0 bridgehead atoms. The minimum Gasteiger partial charge on any atom is -0.398 e. The number of nitrogens with zero attached hydrogens (tertiary/aromatic N) is 3. The highest BCUT2D eigenvalue weighted by molar-refractivity contribution is 5.99. The summed E-state index contributed by atoms with van der Waals surface area (Å²) < 4.78 is 13.0. The lowest BCUT2D eigenvalue weighted by atomic mass is 10.1. The van der Waals surface area contributed by atoms with Crippen molar-refractivity contribution in [2.75, 3.05) is 18.8 Å². The van der Waals surface area contributed by atoms with Crippen molar-refractivity contribution in [1.82, 2.24) is 4.90 Å². The van der Waals surface area contributed by atoms with E-state index in [1.165, 1.54) is 6.07 Å². The molecule has 0 fully saturated rings. The first-order chi connectivity index (χ1) is 8.10. The maximum absolute atomic E-state index is 13.0. The van der Waals surface area contributed by atoms with E-state index in [2.05, 4.69) is 0 Å². The van der Waals surface area contributed by atoms with Crippen LogP contribution in [0.25, 0.3) is 0 Å². The summed E-state index contributed by atoms with van der Waals surface area (Å²) in [5, 5.41) is 17.0. The summed E-state index contributed by atoms with van der Waals surface area (Å²) in [6.45, 7) is -0.495. The third kappa shape index (κ3) is 2.93. The van der Waals surface area contributed by atoms with Gasteiger partial charge < -0.3 is 10.6 Å². The molecule has 0 heterocycles. The van der Waals surface area contributed by atoms with Crippen LogP contribution >= 0.6 is 0 Å². The molecule has 17 heavy (non-hydrogen) atoms. The maximum Gasteiger partial charge on any atom is 0.257 e. The number of nitrogens with two attached hydrogens (primary N) is 1. The fourth-order valence-corrected chi connectivity index (χ4v) is 1.25. The molecule has 1 aromatic rings. The Labute approximate surface area is 97.5 Å². The number of hydrogen-bond donors (Lipinski definition) is 1. The SMILES string of the molecule is N#CCN(CC#N)C(=O)c1cc(F)ccc1N. The Kier molecular flexibility index (Phi) is 4.02. The smallest absolute Gasteiger partial charge is 0.257 e. The topological polar surface area (TPSA) is 93.9 Å². The van der Waals surface area contributed by atoms with Crippen LogP contribution in [0.3, 0.4) is 0 Å². The number of carbonyl (C=O) groups is 1. The largest absolute Gasteiger partial charge is 0.398 e. The number of halogens is 1. The van der Waals surface area contributed by atoms with Crippen molar-refractivity contribution in [2.24, 2.45) is 0 Å². The molecule has 0 aromatic heterocycles. The fraction of sp³-hybridized carbons (Fsp3) is 0.182. The minimum absolute atomic E-state index is 0.0458. The summed E-state index contributed by atoms with van der Waals surface area (Å²) in [5.41, 5.74) is 5.60.